The largest absolute Gasteiger partial charge is 0.297 e. The van der Waals surface area contributed by atoms with Crippen molar-refractivity contribution >= 4 is 23.7 Å². The molecule has 0 aliphatic rings. The number of carbonyl (C=O) groups excluding carboxylic acids is 1. The number of carbonyl (C=O) groups is 1. The van der Waals surface area contributed by atoms with Crippen molar-refractivity contribution in [3.8, 4) is 0 Å². The second-order valence-electron chi connectivity index (χ2n) is 2.50. The zero-order valence-electron chi connectivity index (χ0n) is 7.46. The summed E-state index contributed by atoms with van der Waals surface area (Å²) in [6, 6.07) is 1.89. The van der Waals surface area contributed by atoms with Gasteiger partial charge in [-0.25, -0.2) is 0 Å². The molecule has 0 aliphatic carbocycles. The number of nitrogens with zero attached hydrogens (tertiary/aromatic N) is 3. The van der Waals surface area contributed by atoms with Crippen molar-refractivity contribution in [2.75, 3.05) is 6.54 Å². The highest BCUT2D eigenvalue weighted by atomic mass is 32.1. The van der Waals surface area contributed by atoms with Gasteiger partial charge in [0.2, 0.25) is 0 Å². The Balaban J connectivity index is 2.51. The molecular weight excluding hydrogens is 198 g/mol. The van der Waals surface area contributed by atoms with Crippen LogP contribution in [0.2, 0.25) is 0 Å². The summed E-state index contributed by atoms with van der Waals surface area (Å²) in [6.07, 6.45) is 5.30. The van der Waals surface area contributed by atoms with Crippen LogP contribution in [0.3, 0.4) is 0 Å². The van der Waals surface area contributed by atoms with E-state index in [1.807, 2.05) is 23.6 Å². The summed E-state index contributed by atoms with van der Waals surface area (Å²) in [5, 5.41) is 5.27. The summed E-state index contributed by atoms with van der Waals surface area (Å²) >= 11 is 1.42. The monoisotopic (exact) mass is 207 g/mol. The second kappa shape index (κ2) is 5.96. The fourth-order valence-electron chi connectivity index (χ4n) is 0.952. The first-order valence-electron chi connectivity index (χ1n) is 4.08. The maximum atomic E-state index is 10.5. The molecule has 0 fully saturated rings. The first-order chi connectivity index (χ1) is 6.88. The van der Waals surface area contributed by atoms with Crippen LogP contribution in [0.25, 0.3) is 16.5 Å². The van der Waals surface area contributed by atoms with Gasteiger partial charge in [-0.3, -0.25) is 4.79 Å². The number of hydrogen-bond acceptors (Lipinski definition) is 3. The van der Waals surface area contributed by atoms with Gasteiger partial charge in [-0.2, -0.15) is 0 Å². The molecule has 0 saturated carbocycles. The van der Waals surface area contributed by atoms with Crippen molar-refractivity contribution in [1.82, 2.24) is 0 Å². The molecular formula is C9H9N3OS. The predicted octanol–water partition coefficient (Wildman–Crippen LogP) is 3.27. The highest BCUT2D eigenvalue weighted by Crippen LogP contribution is 2.15. The van der Waals surface area contributed by atoms with Gasteiger partial charge in [0, 0.05) is 11.5 Å². The van der Waals surface area contributed by atoms with Crippen LogP contribution in [0.5, 0.6) is 0 Å². The molecule has 0 saturated heterocycles. The molecule has 0 bridgehead atoms. The Morgan fingerprint density at radius 2 is 2.50 bits per heavy atom. The highest BCUT2D eigenvalue weighted by molar-refractivity contribution is 7.11. The van der Waals surface area contributed by atoms with Crippen LogP contribution in [0.15, 0.2) is 22.6 Å². The minimum Gasteiger partial charge on any atom is -0.297 e. The predicted molar refractivity (Wildman–Crippen MR) is 57.4 cm³/mol. The summed E-state index contributed by atoms with van der Waals surface area (Å²) in [7, 11) is 0. The van der Waals surface area contributed by atoms with Gasteiger partial charge >= 0.3 is 0 Å². The minimum atomic E-state index is 0.452. The van der Waals surface area contributed by atoms with Gasteiger partial charge < -0.3 is 0 Å². The SMILES string of the molecule is [N-]=[N+]=NCCC=Cc1ccsc1C=O. The Morgan fingerprint density at radius 1 is 1.64 bits per heavy atom. The van der Waals surface area contributed by atoms with Gasteiger partial charge in [0.1, 0.15) is 0 Å². The molecule has 0 amide bonds. The molecule has 0 aromatic carbocycles. The van der Waals surface area contributed by atoms with Gasteiger partial charge in [-0.05, 0) is 29.0 Å². The van der Waals surface area contributed by atoms with E-state index in [1.165, 1.54) is 11.3 Å². The summed E-state index contributed by atoms with van der Waals surface area (Å²) in [5.41, 5.74) is 8.94. The van der Waals surface area contributed by atoms with Crippen LogP contribution in [0.1, 0.15) is 21.7 Å². The number of rotatable bonds is 5. The Labute approximate surface area is 85.5 Å². The standard InChI is InChI=1S/C9H9N3OS/c10-12-11-5-2-1-3-8-4-6-14-9(8)7-13/h1,3-4,6-7H,2,5H2. The molecule has 0 atom stereocenters. The molecule has 1 aromatic rings. The molecule has 1 heterocycles. The highest BCUT2D eigenvalue weighted by Gasteiger charge is 1.97. The van der Waals surface area contributed by atoms with Gasteiger partial charge in [-0.1, -0.05) is 17.3 Å². The van der Waals surface area contributed by atoms with Crippen molar-refractivity contribution in [2.45, 2.75) is 6.42 Å². The Bertz CT molecular complexity index is 377. The topological polar surface area (TPSA) is 65.8 Å². The van der Waals surface area contributed by atoms with Crippen LogP contribution in [-0.2, 0) is 0 Å². The van der Waals surface area contributed by atoms with E-state index < -0.39 is 0 Å². The Morgan fingerprint density at radius 3 is 3.21 bits per heavy atom. The Kier molecular flexibility index (Phi) is 4.47. The normalized spacial score (nSPS) is 10.0. The summed E-state index contributed by atoms with van der Waals surface area (Å²) in [6.45, 7) is 0.452. The first-order valence-corrected chi connectivity index (χ1v) is 4.96. The van der Waals surface area contributed by atoms with Crippen molar-refractivity contribution in [1.29, 1.82) is 0 Å². The van der Waals surface area contributed by atoms with Crippen molar-refractivity contribution in [3.63, 3.8) is 0 Å². The third-order valence-electron chi connectivity index (χ3n) is 1.59. The summed E-state index contributed by atoms with van der Waals surface area (Å²) in [5.74, 6) is 0. The van der Waals surface area contributed by atoms with Crippen molar-refractivity contribution < 1.29 is 4.79 Å². The maximum absolute atomic E-state index is 10.5. The third kappa shape index (κ3) is 3.05. The first kappa shape index (κ1) is 10.5. The van der Waals surface area contributed by atoms with Crippen LogP contribution in [-0.4, -0.2) is 12.8 Å². The van der Waals surface area contributed by atoms with E-state index in [2.05, 4.69) is 10.0 Å². The van der Waals surface area contributed by atoms with Gasteiger partial charge in [0.05, 0.1) is 4.88 Å². The molecule has 5 heteroatoms. The molecule has 1 aromatic heterocycles. The van der Waals surface area contributed by atoms with E-state index in [-0.39, 0.29) is 0 Å². The van der Waals surface area contributed by atoms with Gasteiger partial charge in [-0.15, -0.1) is 11.3 Å². The zero-order valence-corrected chi connectivity index (χ0v) is 8.28. The van der Waals surface area contributed by atoms with Crippen LogP contribution < -0.4 is 0 Å². The number of hydrogen-bond donors (Lipinski definition) is 0. The molecule has 4 nitrogen and oxygen atoms in total. The zero-order chi connectivity index (χ0) is 10.2. The van der Waals surface area contributed by atoms with E-state index >= 15 is 0 Å². The molecule has 1 rings (SSSR count). The molecule has 0 radical (unpaired) electrons. The molecule has 0 unspecified atom stereocenters. The van der Waals surface area contributed by atoms with E-state index in [4.69, 9.17) is 5.53 Å². The van der Waals surface area contributed by atoms with Gasteiger partial charge in [0.15, 0.2) is 6.29 Å². The fourth-order valence-corrected chi connectivity index (χ4v) is 1.64. The van der Waals surface area contributed by atoms with Crippen molar-refractivity contribution in [2.24, 2.45) is 5.11 Å². The summed E-state index contributed by atoms with van der Waals surface area (Å²) in [4.78, 5) is 13.9. The van der Waals surface area contributed by atoms with Crippen LogP contribution in [0, 0.1) is 0 Å². The molecule has 0 N–H and O–H groups in total. The van der Waals surface area contributed by atoms with E-state index in [9.17, 15) is 4.79 Å². The van der Waals surface area contributed by atoms with E-state index in [1.54, 1.807) is 0 Å². The minimum absolute atomic E-state index is 0.452. The average molecular weight is 207 g/mol. The fraction of sp³-hybridized carbons (Fsp3) is 0.222. The van der Waals surface area contributed by atoms with Crippen LogP contribution in [0.4, 0.5) is 0 Å². The molecule has 14 heavy (non-hydrogen) atoms. The lowest BCUT2D eigenvalue weighted by molar-refractivity contribution is 0.112. The Hall–Kier alpha value is -1.58. The number of aldehydes is 1. The quantitative estimate of drug-likeness (QED) is 0.240. The molecule has 0 aliphatic heterocycles. The number of azide groups is 1. The molecule has 0 spiro atoms. The summed E-state index contributed by atoms with van der Waals surface area (Å²) < 4.78 is 0. The lowest BCUT2D eigenvalue weighted by atomic mass is 10.2. The van der Waals surface area contributed by atoms with E-state index in [0.29, 0.717) is 13.0 Å². The van der Waals surface area contributed by atoms with Gasteiger partial charge in [0.25, 0.3) is 0 Å². The van der Waals surface area contributed by atoms with E-state index in [0.717, 1.165) is 16.7 Å². The number of thiophene rings is 1. The lowest BCUT2D eigenvalue weighted by Crippen LogP contribution is -1.76. The average Bonchev–Trinajstić information content (AvgIpc) is 2.65. The lowest BCUT2D eigenvalue weighted by Gasteiger charge is -1.87. The maximum Gasteiger partial charge on any atom is 0.160 e. The molecule has 72 valence electrons. The van der Waals surface area contributed by atoms with Crippen molar-refractivity contribution in [3.05, 3.63) is 38.4 Å². The second-order valence-corrected chi connectivity index (χ2v) is 3.45. The third-order valence-corrected chi connectivity index (χ3v) is 2.45. The smallest absolute Gasteiger partial charge is 0.160 e. The van der Waals surface area contributed by atoms with Crippen LogP contribution >= 0.6 is 11.3 Å².